The van der Waals surface area contributed by atoms with E-state index in [4.69, 9.17) is 14.2 Å². The van der Waals surface area contributed by atoms with Crippen LogP contribution in [0.5, 0.6) is 11.5 Å². The molecule has 0 heterocycles. The lowest BCUT2D eigenvalue weighted by Crippen LogP contribution is -2.08. The minimum Gasteiger partial charge on any atom is -0.493 e. The largest absolute Gasteiger partial charge is 0.493 e. The molecular formula is C20H22O4. The summed E-state index contributed by atoms with van der Waals surface area (Å²) in [4.78, 5) is 11.5. The van der Waals surface area contributed by atoms with Gasteiger partial charge in [-0.1, -0.05) is 36.4 Å². The quantitative estimate of drug-likeness (QED) is 0.564. The lowest BCUT2D eigenvalue weighted by Gasteiger charge is -2.11. The molecule has 2 aromatic carbocycles. The molecule has 0 fully saturated rings. The maximum atomic E-state index is 11.5. The van der Waals surface area contributed by atoms with Crippen molar-refractivity contribution in [1.82, 2.24) is 0 Å². The molecule has 2 aromatic rings. The summed E-state index contributed by atoms with van der Waals surface area (Å²) in [5.74, 6) is 0.905. The van der Waals surface area contributed by atoms with Crippen LogP contribution in [0, 0.1) is 0 Å². The number of carbonyl (C=O) groups is 1. The number of rotatable bonds is 7. The molecule has 0 aliphatic rings. The van der Waals surface area contributed by atoms with Gasteiger partial charge in [0.1, 0.15) is 6.61 Å². The van der Waals surface area contributed by atoms with E-state index in [1.165, 1.54) is 6.08 Å². The molecule has 0 unspecified atom stereocenters. The van der Waals surface area contributed by atoms with E-state index in [0.717, 1.165) is 11.1 Å². The Balaban J connectivity index is 2.04. The van der Waals surface area contributed by atoms with Gasteiger partial charge in [-0.2, -0.15) is 0 Å². The molecule has 4 nitrogen and oxygen atoms in total. The van der Waals surface area contributed by atoms with Gasteiger partial charge in [0.05, 0.1) is 13.2 Å². The van der Waals surface area contributed by atoms with Crippen molar-refractivity contribution in [3.05, 3.63) is 65.7 Å². The van der Waals surface area contributed by atoms with E-state index in [1.807, 2.05) is 62.4 Å². The minimum atomic E-state index is -0.367. The van der Waals surface area contributed by atoms with Gasteiger partial charge in [-0.3, -0.25) is 0 Å². The first-order valence-corrected chi connectivity index (χ1v) is 7.82. The second-order valence-corrected chi connectivity index (χ2v) is 5.50. The Labute approximate surface area is 142 Å². The predicted molar refractivity (Wildman–Crippen MR) is 94.0 cm³/mol. The highest BCUT2D eigenvalue weighted by molar-refractivity contribution is 5.87. The zero-order valence-corrected chi connectivity index (χ0v) is 14.2. The van der Waals surface area contributed by atoms with Crippen LogP contribution in [-0.4, -0.2) is 19.2 Å². The number of ether oxygens (including phenoxy) is 3. The zero-order chi connectivity index (χ0) is 17.4. The molecule has 0 aromatic heterocycles. The van der Waals surface area contributed by atoms with Crippen LogP contribution in [0.3, 0.4) is 0 Å². The summed E-state index contributed by atoms with van der Waals surface area (Å²) in [6.07, 6.45) is 2.96. The Morgan fingerprint density at radius 2 is 1.83 bits per heavy atom. The second kappa shape index (κ2) is 8.77. The van der Waals surface area contributed by atoms with Crippen molar-refractivity contribution in [2.75, 3.05) is 7.11 Å². The Morgan fingerprint density at radius 3 is 2.50 bits per heavy atom. The Kier molecular flexibility index (Phi) is 6.43. The minimum absolute atomic E-state index is 0.134. The summed E-state index contributed by atoms with van der Waals surface area (Å²) in [6.45, 7) is 4.09. The number of hydrogen-bond donors (Lipinski definition) is 0. The summed E-state index contributed by atoms with van der Waals surface area (Å²) in [5.41, 5.74) is 1.92. The molecule has 4 heteroatoms. The van der Waals surface area contributed by atoms with Gasteiger partial charge < -0.3 is 14.2 Å². The average molecular weight is 326 g/mol. The Bertz CT molecular complexity index is 690. The monoisotopic (exact) mass is 326 g/mol. The van der Waals surface area contributed by atoms with E-state index in [9.17, 15) is 4.79 Å². The SMILES string of the molecule is COc1cc(/C=C/C(=O)OC(C)C)ccc1OCc1ccccc1. The predicted octanol–water partition coefficient (Wildman–Crippen LogP) is 4.24. The van der Waals surface area contributed by atoms with Gasteiger partial charge >= 0.3 is 5.97 Å². The fraction of sp³-hybridized carbons (Fsp3) is 0.250. The fourth-order valence-electron chi connectivity index (χ4n) is 2.08. The molecule has 0 atom stereocenters. The number of methoxy groups -OCH3 is 1. The molecule has 2 rings (SSSR count). The van der Waals surface area contributed by atoms with E-state index in [1.54, 1.807) is 13.2 Å². The van der Waals surface area contributed by atoms with Crippen molar-refractivity contribution in [3.8, 4) is 11.5 Å². The van der Waals surface area contributed by atoms with Crippen LogP contribution in [0.25, 0.3) is 6.08 Å². The average Bonchev–Trinajstić information content (AvgIpc) is 2.58. The van der Waals surface area contributed by atoms with Gasteiger partial charge in [0.25, 0.3) is 0 Å². The molecule has 0 aliphatic carbocycles. The van der Waals surface area contributed by atoms with Crippen molar-refractivity contribution in [1.29, 1.82) is 0 Å². The van der Waals surface area contributed by atoms with Gasteiger partial charge in [0.2, 0.25) is 0 Å². The molecule has 126 valence electrons. The zero-order valence-electron chi connectivity index (χ0n) is 14.2. The first-order valence-electron chi connectivity index (χ1n) is 7.82. The lowest BCUT2D eigenvalue weighted by atomic mass is 10.2. The van der Waals surface area contributed by atoms with E-state index in [2.05, 4.69) is 0 Å². The third-order valence-corrected chi connectivity index (χ3v) is 3.19. The van der Waals surface area contributed by atoms with Crippen LogP contribution in [0.1, 0.15) is 25.0 Å². The van der Waals surface area contributed by atoms with E-state index in [-0.39, 0.29) is 12.1 Å². The normalized spacial score (nSPS) is 10.8. The fourth-order valence-corrected chi connectivity index (χ4v) is 2.08. The second-order valence-electron chi connectivity index (χ2n) is 5.50. The van der Waals surface area contributed by atoms with E-state index < -0.39 is 0 Å². The highest BCUT2D eigenvalue weighted by Crippen LogP contribution is 2.29. The van der Waals surface area contributed by atoms with Gasteiger partial charge in [0.15, 0.2) is 11.5 Å². The molecule has 0 saturated heterocycles. The van der Waals surface area contributed by atoms with E-state index in [0.29, 0.717) is 18.1 Å². The molecule has 0 amide bonds. The molecule has 0 saturated carbocycles. The first kappa shape index (κ1) is 17.6. The molecule has 24 heavy (non-hydrogen) atoms. The van der Waals surface area contributed by atoms with Gasteiger partial charge in [-0.05, 0) is 43.2 Å². The van der Waals surface area contributed by atoms with Crippen molar-refractivity contribution in [3.63, 3.8) is 0 Å². The van der Waals surface area contributed by atoms with Crippen LogP contribution in [0.2, 0.25) is 0 Å². The number of benzene rings is 2. The summed E-state index contributed by atoms with van der Waals surface area (Å²) in [6, 6.07) is 15.4. The van der Waals surface area contributed by atoms with Crippen molar-refractivity contribution < 1.29 is 19.0 Å². The summed E-state index contributed by atoms with van der Waals surface area (Å²) >= 11 is 0. The van der Waals surface area contributed by atoms with Crippen molar-refractivity contribution in [2.24, 2.45) is 0 Å². The van der Waals surface area contributed by atoms with Crippen molar-refractivity contribution in [2.45, 2.75) is 26.6 Å². The molecule has 0 radical (unpaired) electrons. The molecule has 0 aliphatic heterocycles. The lowest BCUT2D eigenvalue weighted by molar-refractivity contribution is -0.141. The summed E-state index contributed by atoms with van der Waals surface area (Å²) < 4.78 is 16.2. The van der Waals surface area contributed by atoms with Gasteiger partial charge in [-0.15, -0.1) is 0 Å². The Morgan fingerprint density at radius 1 is 1.08 bits per heavy atom. The smallest absolute Gasteiger partial charge is 0.331 e. The standard InChI is InChI=1S/C20H22O4/c1-15(2)24-20(21)12-10-16-9-11-18(19(13-16)22-3)23-14-17-7-5-4-6-8-17/h4-13,15H,14H2,1-3H3/b12-10+. The summed E-state index contributed by atoms with van der Waals surface area (Å²) in [7, 11) is 1.59. The molecule has 0 spiro atoms. The molecule has 0 bridgehead atoms. The van der Waals surface area contributed by atoms with Gasteiger partial charge in [0, 0.05) is 6.08 Å². The topological polar surface area (TPSA) is 44.8 Å². The summed E-state index contributed by atoms with van der Waals surface area (Å²) in [5, 5.41) is 0. The number of esters is 1. The number of hydrogen-bond acceptors (Lipinski definition) is 4. The number of carbonyl (C=O) groups excluding carboxylic acids is 1. The highest BCUT2D eigenvalue weighted by atomic mass is 16.5. The van der Waals surface area contributed by atoms with Crippen LogP contribution in [0.15, 0.2) is 54.6 Å². The highest BCUT2D eigenvalue weighted by Gasteiger charge is 2.06. The van der Waals surface area contributed by atoms with Crippen LogP contribution >= 0.6 is 0 Å². The van der Waals surface area contributed by atoms with E-state index >= 15 is 0 Å². The van der Waals surface area contributed by atoms with Crippen molar-refractivity contribution >= 4 is 12.0 Å². The van der Waals surface area contributed by atoms with Crippen LogP contribution < -0.4 is 9.47 Å². The molecular weight excluding hydrogens is 304 g/mol. The maximum absolute atomic E-state index is 11.5. The van der Waals surface area contributed by atoms with Gasteiger partial charge in [-0.25, -0.2) is 4.79 Å². The Hall–Kier alpha value is -2.75. The third-order valence-electron chi connectivity index (χ3n) is 3.19. The molecule has 0 N–H and O–H groups in total. The van der Waals surface area contributed by atoms with Crippen LogP contribution in [0.4, 0.5) is 0 Å². The third kappa shape index (κ3) is 5.47. The van der Waals surface area contributed by atoms with Crippen LogP contribution in [-0.2, 0) is 16.1 Å². The first-order chi connectivity index (χ1) is 11.6. The maximum Gasteiger partial charge on any atom is 0.331 e.